The molecule has 1 heterocycles. The quantitative estimate of drug-likeness (QED) is 0.771. The largest absolute Gasteiger partial charge is 0.506 e. The molecule has 0 amide bonds. The molecule has 0 aromatic carbocycles. The molecule has 2 N–H and O–H groups in total. The van der Waals surface area contributed by atoms with Crippen molar-refractivity contribution in [3.63, 3.8) is 0 Å². The average molecular weight is 226 g/mol. The van der Waals surface area contributed by atoms with Gasteiger partial charge in [-0.25, -0.2) is 0 Å². The van der Waals surface area contributed by atoms with Crippen LogP contribution in [0.5, 0.6) is 5.75 Å². The van der Waals surface area contributed by atoms with Crippen LogP contribution in [0.3, 0.4) is 0 Å². The molecule has 1 rings (SSSR count). The molecular formula is C8H13Cl2NO2. The van der Waals surface area contributed by atoms with Crippen LogP contribution in [-0.2, 0) is 6.42 Å². The summed E-state index contributed by atoms with van der Waals surface area (Å²) in [5, 5.41) is 9.17. The minimum absolute atomic E-state index is 0. The fourth-order valence-corrected chi connectivity index (χ4v) is 0.863. The Bertz CT molecular complexity index is 244. The van der Waals surface area contributed by atoms with Gasteiger partial charge in [0.2, 0.25) is 0 Å². The van der Waals surface area contributed by atoms with E-state index in [0.29, 0.717) is 5.75 Å². The lowest BCUT2D eigenvalue weighted by atomic mass is 10.2. The van der Waals surface area contributed by atoms with Crippen LogP contribution in [0.1, 0.15) is 18.3 Å². The summed E-state index contributed by atoms with van der Waals surface area (Å²) in [5.74, 6) is 0.299. The minimum atomic E-state index is 0. The maximum Gasteiger partial charge on any atom is 0.137 e. The molecule has 0 atom stereocenters. The number of hydrogen-bond donors (Lipinski definition) is 2. The number of pyridine rings is 1. The molecule has 0 aliphatic heterocycles. The molecule has 5 heteroatoms. The van der Waals surface area contributed by atoms with Crippen LogP contribution >= 0.6 is 24.3 Å². The highest BCUT2D eigenvalue weighted by molar-refractivity contribution is 6.04. The van der Waals surface area contributed by atoms with Gasteiger partial charge in [0, 0.05) is 5.69 Å². The van der Waals surface area contributed by atoms with E-state index in [0.717, 1.165) is 17.8 Å². The predicted molar refractivity (Wildman–Crippen MR) is 55.3 cm³/mol. The van der Waals surface area contributed by atoms with Crippen molar-refractivity contribution in [1.82, 2.24) is 4.98 Å². The van der Waals surface area contributed by atoms with Gasteiger partial charge in [0.1, 0.15) is 5.75 Å². The standard InChI is InChI=1S/C8H11NO.ClHO.ClH/c1-3-7-8(10)5-4-6(2)9-7;1-2;/h4-5,10H,3H2,1-2H3;2H;1H. The molecule has 0 bridgehead atoms. The van der Waals surface area contributed by atoms with Gasteiger partial charge in [-0.3, -0.25) is 9.64 Å². The lowest BCUT2D eigenvalue weighted by molar-refractivity contribution is 0.464. The van der Waals surface area contributed by atoms with E-state index in [1.807, 2.05) is 13.8 Å². The molecular weight excluding hydrogens is 213 g/mol. The maximum absolute atomic E-state index is 9.17. The highest BCUT2D eigenvalue weighted by Gasteiger charge is 1.97. The lowest BCUT2D eigenvalue weighted by Crippen LogP contribution is -1.89. The van der Waals surface area contributed by atoms with Gasteiger partial charge in [-0.05, 0) is 25.5 Å². The third-order valence-corrected chi connectivity index (χ3v) is 1.42. The van der Waals surface area contributed by atoms with E-state index in [-0.39, 0.29) is 12.4 Å². The van der Waals surface area contributed by atoms with E-state index in [9.17, 15) is 5.11 Å². The number of hydrogen-bond acceptors (Lipinski definition) is 3. The van der Waals surface area contributed by atoms with Gasteiger partial charge in [0.05, 0.1) is 17.6 Å². The molecule has 0 aliphatic rings. The highest BCUT2D eigenvalue weighted by Crippen LogP contribution is 2.14. The zero-order valence-electron chi connectivity index (χ0n) is 7.49. The van der Waals surface area contributed by atoms with Gasteiger partial charge in [-0.15, -0.1) is 12.4 Å². The van der Waals surface area contributed by atoms with Gasteiger partial charge < -0.3 is 5.11 Å². The normalized spacial score (nSPS) is 8.00. The first-order valence-corrected chi connectivity index (χ1v) is 3.90. The number of aromatic hydroxyl groups is 1. The van der Waals surface area contributed by atoms with Crippen LogP contribution in [0.4, 0.5) is 0 Å². The van der Waals surface area contributed by atoms with E-state index in [4.69, 9.17) is 4.66 Å². The number of rotatable bonds is 1. The highest BCUT2D eigenvalue weighted by atomic mass is 35.5. The Hall–Kier alpha value is -0.510. The first-order chi connectivity index (χ1) is 5.74. The van der Waals surface area contributed by atoms with Gasteiger partial charge in [0.15, 0.2) is 0 Å². The van der Waals surface area contributed by atoms with Gasteiger partial charge in [-0.1, -0.05) is 6.92 Å². The summed E-state index contributed by atoms with van der Waals surface area (Å²) in [6.07, 6.45) is 0.785. The molecule has 3 nitrogen and oxygen atoms in total. The van der Waals surface area contributed by atoms with Crippen molar-refractivity contribution in [2.24, 2.45) is 0 Å². The van der Waals surface area contributed by atoms with Crippen LogP contribution in [0.15, 0.2) is 12.1 Å². The number of aromatic nitrogens is 1. The van der Waals surface area contributed by atoms with E-state index >= 15 is 0 Å². The molecule has 0 unspecified atom stereocenters. The smallest absolute Gasteiger partial charge is 0.137 e. The third kappa shape index (κ3) is 4.93. The Kier molecular flexibility index (Phi) is 9.34. The number of halogens is 2. The molecule has 0 saturated heterocycles. The lowest BCUT2D eigenvalue weighted by Gasteiger charge is -1.99. The Balaban J connectivity index is 0. The summed E-state index contributed by atoms with van der Waals surface area (Å²) < 4.78 is 6.47. The predicted octanol–water partition coefficient (Wildman–Crippen LogP) is 2.21. The Morgan fingerprint density at radius 3 is 2.31 bits per heavy atom. The van der Waals surface area contributed by atoms with E-state index < -0.39 is 0 Å². The van der Waals surface area contributed by atoms with Crippen molar-refractivity contribution >= 4 is 24.3 Å². The summed E-state index contributed by atoms with van der Waals surface area (Å²) >= 11 is 3.64. The molecule has 1 aromatic rings. The van der Waals surface area contributed by atoms with Gasteiger partial charge >= 0.3 is 0 Å². The Morgan fingerprint density at radius 2 is 1.92 bits per heavy atom. The third-order valence-electron chi connectivity index (χ3n) is 1.42. The van der Waals surface area contributed by atoms with Gasteiger partial charge in [-0.2, -0.15) is 0 Å². The van der Waals surface area contributed by atoms with Gasteiger partial charge in [0.25, 0.3) is 0 Å². The Labute approximate surface area is 89.0 Å². The van der Waals surface area contributed by atoms with Crippen LogP contribution in [0.2, 0.25) is 0 Å². The number of nitrogens with zero attached hydrogens (tertiary/aromatic N) is 1. The van der Waals surface area contributed by atoms with E-state index in [2.05, 4.69) is 16.9 Å². The summed E-state index contributed by atoms with van der Waals surface area (Å²) in [6, 6.07) is 3.48. The topological polar surface area (TPSA) is 53.4 Å². The second-order valence-corrected chi connectivity index (χ2v) is 2.27. The molecule has 1 aromatic heterocycles. The summed E-state index contributed by atoms with van der Waals surface area (Å²) in [5.41, 5.74) is 1.73. The summed E-state index contributed by atoms with van der Waals surface area (Å²) in [4.78, 5) is 4.14. The molecule has 0 spiro atoms. The Morgan fingerprint density at radius 1 is 1.38 bits per heavy atom. The van der Waals surface area contributed by atoms with E-state index in [1.54, 1.807) is 12.1 Å². The van der Waals surface area contributed by atoms with Crippen molar-refractivity contribution in [3.05, 3.63) is 23.5 Å². The van der Waals surface area contributed by atoms with Crippen molar-refractivity contribution < 1.29 is 9.77 Å². The van der Waals surface area contributed by atoms with Crippen LogP contribution < -0.4 is 0 Å². The van der Waals surface area contributed by atoms with Crippen LogP contribution in [0, 0.1) is 6.92 Å². The fourth-order valence-electron chi connectivity index (χ4n) is 0.863. The molecule has 76 valence electrons. The molecule has 0 saturated carbocycles. The molecule has 0 radical (unpaired) electrons. The van der Waals surface area contributed by atoms with Crippen molar-refractivity contribution in [3.8, 4) is 5.75 Å². The first kappa shape index (κ1) is 15.0. The summed E-state index contributed by atoms with van der Waals surface area (Å²) in [7, 11) is 0. The SMILES string of the molecule is CCc1nc(C)ccc1O.Cl.OCl. The van der Waals surface area contributed by atoms with E-state index in [1.165, 1.54) is 0 Å². The average Bonchev–Trinajstić information content (AvgIpc) is 2.13. The molecule has 13 heavy (non-hydrogen) atoms. The second-order valence-electron chi connectivity index (χ2n) is 2.27. The number of aryl methyl sites for hydroxylation is 2. The minimum Gasteiger partial charge on any atom is -0.506 e. The zero-order valence-corrected chi connectivity index (χ0v) is 9.06. The molecule has 0 aliphatic carbocycles. The second kappa shape index (κ2) is 8.10. The molecule has 0 fully saturated rings. The zero-order chi connectivity index (χ0) is 9.56. The monoisotopic (exact) mass is 225 g/mol. The van der Waals surface area contributed by atoms with Crippen molar-refractivity contribution in [2.75, 3.05) is 0 Å². The first-order valence-electron chi connectivity index (χ1n) is 3.56. The maximum atomic E-state index is 9.17. The van der Waals surface area contributed by atoms with Crippen LogP contribution in [0.25, 0.3) is 0 Å². The van der Waals surface area contributed by atoms with Crippen molar-refractivity contribution in [1.29, 1.82) is 0 Å². The van der Waals surface area contributed by atoms with Crippen LogP contribution in [-0.4, -0.2) is 14.7 Å². The summed E-state index contributed by atoms with van der Waals surface area (Å²) in [6.45, 7) is 3.89. The van der Waals surface area contributed by atoms with Crippen molar-refractivity contribution in [2.45, 2.75) is 20.3 Å². The fraction of sp³-hybridized carbons (Fsp3) is 0.375.